The Morgan fingerprint density at radius 3 is 2.56 bits per heavy atom. The highest BCUT2D eigenvalue weighted by Gasteiger charge is 2.14. The average Bonchev–Trinajstić information content (AvgIpc) is 2.81. The molecule has 1 aromatic carbocycles. The second-order valence-corrected chi connectivity index (χ2v) is 3.60. The molecule has 0 aliphatic carbocycles. The van der Waals surface area contributed by atoms with Gasteiger partial charge in [0.1, 0.15) is 5.69 Å². The smallest absolute Gasteiger partial charge is 0.287 e. The number of rotatable bonds is 3. The lowest BCUT2D eigenvalue weighted by molar-refractivity contribution is -0.384. The van der Waals surface area contributed by atoms with Gasteiger partial charge in [-0.2, -0.15) is 0 Å². The SMILES string of the molecule is Nc1ccc(NC(=O)c2cc([N+](=O)[O-])c[nH]2)cc1. The van der Waals surface area contributed by atoms with Gasteiger partial charge in [-0.15, -0.1) is 0 Å². The number of aromatic amines is 1. The maximum absolute atomic E-state index is 11.7. The summed E-state index contributed by atoms with van der Waals surface area (Å²) in [6.07, 6.45) is 1.16. The minimum atomic E-state index is -0.573. The molecule has 0 atom stereocenters. The lowest BCUT2D eigenvalue weighted by atomic mass is 10.3. The van der Waals surface area contributed by atoms with Gasteiger partial charge in [0.15, 0.2) is 0 Å². The van der Waals surface area contributed by atoms with E-state index < -0.39 is 10.8 Å². The molecule has 18 heavy (non-hydrogen) atoms. The summed E-state index contributed by atoms with van der Waals surface area (Å²) >= 11 is 0. The van der Waals surface area contributed by atoms with Crippen molar-refractivity contribution in [1.82, 2.24) is 4.98 Å². The minimum absolute atomic E-state index is 0.124. The van der Waals surface area contributed by atoms with Gasteiger partial charge in [0.25, 0.3) is 11.6 Å². The molecule has 7 heteroatoms. The molecule has 1 amide bonds. The highest BCUT2D eigenvalue weighted by molar-refractivity contribution is 6.03. The molecule has 0 radical (unpaired) electrons. The maximum atomic E-state index is 11.7. The topological polar surface area (TPSA) is 114 Å². The number of hydrogen-bond acceptors (Lipinski definition) is 4. The summed E-state index contributed by atoms with van der Waals surface area (Å²) < 4.78 is 0. The fourth-order valence-corrected chi connectivity index (χ4v) is 1.38. The molecule has 0 saturated heterocycles. The predicted octanol–water partition coefficient (Wildman–Crippen LogP) is 1.76. The second-order valence-electron chi connectivity index (χ2n) is 3.60. The first-order chi connectivity index (χ1) is 8.56. The van der Waals surface area contributed by atoms with E-state index in [4.69, 9.17) is 5.73 Å². The number of nitrogen functional groups attached to an aromatic ring is 1. The largest absolute Gasteiger partial charge is 0.399 e. The van der Waals surface area contributed by atoms with Crippen LogP contribution in [-0.4, -0.2) is 15.8 Å². The molecule has 1 heterocycles. The van der Waals surface area contributed by atoms with Crippen LogP contribution in [0.15, 0.2) is 36.5 Å². The Kier molecular flexibility index (Phi) is 2.96. The third-order valence-electron chi connectivity index (χ3n) is 2.29. The standard InChI is InChI=1S/C11H10N4O3/c12-7-1-3-8(4-2-7)14-11(16)10-5-9(6-13-10)15(17)18/h1-6,13H,12H2,(H,14,16). The number of carbonyl (C=O) groups is 1. The number of anilines is 2. The van der Waals surface area contributed by atoms with Crippen LogP contribution in [0, 0.1) is 10.1 Å². The van der Waals surface area contributed by atoms with E-state index in [9.17, 15) is 14.9 Å². The van der Waals surface area contributed by atoms with Crippen LogP contribution in [0.3, 0.4) is 0 Å². The summed E-state index contributed by atoms with van der Waals surface area (Å²) in [5.74, 6) is -0.451. The van der Waals surface area contributed by atoms with Crippen LogP contribution in [-0.2, 0) is 0 Å². The van der Waals surface area contributed by atoms with Crippen molar-refractivity contribution < 1.29 is 9.72 Å². The van der Waals surface area contributed by atoms with Crippen LogP contribution in [0.25, 0.3) is 0 Å². The number of aromatic nitrogens is 1. The molecular formula is C11H10N4O3. The summed E-state index contributed by atoms with van der Waals surface area (Å²) in [4.78, 5) is 24.2. The van der Waals surface area contributed by atoms with Gasteiger partial charge >= 0.3 is 0 Å². The molecule has 0 aliphatic rings. The number of nitrogens with two attached hydrogens (primary N) is 1. The highest BCUT2D eigenvalue weighted by Crippen LogP contribution is 2.15. The van der Waals surface area contributed by atoms with Gasteiger partial charge < -0.3 is 16.0 Å². The van der Waals surface area contributed by atoms with E-state index in [1.807, 2.05) is 0 Å². The van der Waals surface area contributed by atoms with Gasteiger partial charge in [-0.05, 0) is 24.3 Å². The molecule has 4 N–H and O–H groups in total. The molecule has 0 fully saturated rings. The summed E-state index contributed by atoms with van der Waals surface area (Å²) in [6, 6.07) is 7.75. The van der Waals surface area contributed by atoms with E-state index in [2.05, 4.69) is 10.3 Å². The Morgan fingerprint density at radius 1 is 1.33 bits per heavy atom. The quantitative estimate of drug-likeness (QED) is 0.434. The molecule has 0 unspecified atom stereocenters. The predicted molar refractivity (Wildman–Crippen MR) is 66.3 cm³/mol. The summed E-state index contributed by atoms with van der Waals surface area (Å²) in [5.41, 5.74) is 6.63. The maximum Gasteiger partial charge on any atom is 0.287 e. The molecule has 0 bridgehead atoms. The molecule has 0 aliphatic heterocycles. The lowest BCUT2D eigenvalue weighted by Gasteiger charge is -2.03. The monoisotopic (exact) mass is 246 g/mol. The highest BCUT2D eigenvalue weighted by atomic mass is 16.6. The van der Waals surface area contributed by atoms with Crippen LogP contribution >= 0.6 is 0 Å². The van der Waals surface area contributed by atoms with Gasteiger partial charge in [0.05, 0.1) is 11.1 Å². The van der Waals surface area contributed by atoms with E-state index in [0.717, 1.165) is 6.20 Å². The Balaban J connectivity index is 2.11. The minimum Gasteiger partial charge on any atom is -0.399 e. The number of carbonyl (C=O) groups excluding carboxylic acids is 1. The third-order valence-corrected chi connectivity index (χ3v) is 2.29. The van der Waals surface area contributed by atoms with E-state index in [0.29, 0.717) is 11.4 Å². The van der Waals surface area contributed by atoms with Crippen molar-refractivity contribution in [2.24, 2.45) is 0 Å². The van der Waals surface area contributed by atoms with Crippen molar-refractivity contribution in [2.45, 2.75) is 0 Å². The zero-order valence-corrected chi connectivity index (χ0v) is 9.21. The molecular weight excluding hydrogens is 236 g/mol. The van der Waals surface area contributed by atoms with E-state index in [-0.39, 0.29) is 11.4 Å². The van der Waals surface area contributed by atoms with Crippen LogP contribution in [0.4, 0.5) is 17.1 Å². The Bertz CT molecular complexity index is 589. The van der Waals surface area contributed by atoms with Crippen molar-refractivity contribution in [3.63, 3.8) is 0 Å². The van der Waals surface area contributed by atoms with E-state index in [1.54, 1.807) is 24.3 Å². The van der Waals surface area contributed by atoms with Crippen molar-refractivity contribution in [2.75, 3.05) is 11.1 Å². The zero-order chi connectivity index (χ0) is 13.1. The fraction of sp³-hybridized carbons (Fsp3) is 0. The lowest BCUT2D eigenvalue weighted by Crippen LogP contribution is -2.12. The van der Waals surface area contributed by atoms with Crippen LogP contribution in [0.5, 0.6) is 0 Å². The van der Waals surface area contributed by atoms with Crippen molar-refractivity contribution in [1.29, 1.82) is 0 Å². The number of nitrogens with zero attached hydrogens (tertiary/aromatic N) is 1. The van der Waals surface area contributed by atoms with Crippen molar-refractivity contribution in [3.8, 4) is 0 Å². The number of nitrogens with one attached hydrogen (secondary N) is 2. The first-order valence-corrected chi connectivity index (χ1v) is 5.06. The van der Waals surface area contributed by atoms with Crippen molar-refractivity contribution >= 4 is 23.0 Å². The van der Waals surface area contributed by atoms with Gasteiger partial charge in [-0.1, -0.05) is 0 Å². The van der Waals surface area contributed by atoms with Crippen molar-refractivity contribution in [3.05, 3.63) is 52.3 Å². The number of hydrogen-bond donors (Lipinski definition) is 3. The molecule has 0 spiro atoms. The van der Waals surface area contributed by atoms with Gasteiger partial charge in [0.2, 0.25) is 0 Å². The van der Waals surface area contributed by atoms with E-state index in [1.165, 1.54) is 6.07 Å². The normalized spacial score (nSPS) is 10.0. The van der Waals surface area contributed by atoms with Crippen LogP contribution in [0.1, 0.15) is 10.5 Å². The molecule has 1 aromatic heterocycles. The van der Waals surface area contributed by atoms with Crippen LogP contribution < -0.4 is 11.1 Å². The molecule has 7 nitrogen and oxygen atoms in total. The number of amides is 1. The average molecular weight is 246 g/mol. The number of benzene rings is 1. The first-order valence-electron chi connectivity index (χ1n) is 5.06. The number of H-pyrrole nitrogens is 1. The third kappa shape index (κ3) is 2.46. The Morgan fingerprint density at radius 2 is 2.00 bits per heavy atom. The Labute approximate surface area is 102 Å². The summed E-state index contributed by atoms with van der Waals surface area (Å²) in [6.45, 7) is 0. The fourth-order valence-electron chi connectivity index (χ4n) is 1.38. The molecule has 92 valence electrons. The zero-order valence-electron chi connectivity index (χ0n) is 9.21. The molecule has 2 aromatic rings. The Hall–Kier alpha value is -2.83. The van der Waals surface area contributed by atoms with Gasteiger partial charge in [-0.3, -0.25) is 14.9 Å². The van der Waals surface area contributed by atoms with E-state index >= 15 is 0 Å². The summed E-state index contributed by atoms with van der Waals surface area (Å²) in [7, 11) is 0. The van der Waals surface area contributed by atoms with Gasteiger partial charge in [0, 0.05) is 17.4 Å². The molecule has 0 saturated carbocycles. The van der Waals surface area contributed by atoms with Gasteiger partial charge in [-0.25, -0.2) is 0 Å². The summed E-state index contributed by atoms with van der Waals surface area (Å²) in [5, 5.41) is 13.1. The first kappa shape index (κ1) is 11.6. The van der Waals surface area contributed by atoms with Crippen LogP contribution in [0.2, 0.25) is 0 Å². The molecule has 2 rings (SSSR count). The number of nitro groups is 1. The second kappa shape index (κ2) is 4.58.